The van der Waals surface area contributed by atoms with Gasteiger partial charge in [-0.25, -0.2) is 0 Å². The molecule has 2 aromatic rings. The highest BCUT2D eigenvalue weighted by Gasteiger charge is 2.25. The minimum Gasteiger partial charge on any atom is -0.459 e. The predicted molar refractivity (Wildman–Crippen MR) is 109 cm³/mol. The van der Waals surface area contributed by atoms with Gasteiger partial charge in [-0.15, -0.1) is 0 Å². The predicted octanol–water partition coefficient (Wildman–Crippen LogP) is 2.18. The summed E-state index contributed by atoms with van der Waals surface area (Å²) >= 11 is 0. The van der Waals surface area contributed by atoms with Crippen LogP contribution >= 0.6 is 0 Å². The van der Waals surface area contributed by atoms with Crippen molar-refractivity contribution in [1.82, 2.24) is 15.5 Å². The molecule has 0 unspecified atom stereocenters. The average molecular weight is 399 g/mol. The van der Waals surface area contributed by atoms with Gasteiger partial charge in [0.25, 0.3) is 5.91 Å². The van der Waals surface area contributed by atoms with Crippen LogP contribution in [0.5, 0.6) is 0 Å². The molecule has 7 nitrogen and oxygen atoms in total. The summed E-state index contributed by atoms with van der Waals surface area (Å²) in [4.78, 5) is 27.2. The van der Waals surface area contributed by atoms with Gasteiger partial charge in [0.1, 0.15) is 6.04 Å². The van der Waals surface area contributed by atoms with E-state index in [9.17, 15) is 9.59 Å². The van der Waals surface area contributed by atoms with E-state index in [1.807, 2.05) is 26.0 Å². The summed E-state index contributed by atoms with van der Waals surface area (Å²) in [6.07, 6.45) is 1.43. The van der Waals surface area contributed by atoms with Gasteiger partial charge in [0.2, 0.25) is 5.91 Å². The van der Waals surface area contributed by atoms with E-state index in [1.165, 1.54) is 11.8 Å². The summed E-state index contributed by atoms with van der Waals surface area (Å²) in [5.74, 6) is -0.460. The molecule has 2 N–H and O–H groups in total. The Labute approximate surface area is 171 Å². The molecule has 7 heteroatoms. The summed E-state index contributed by atoms with van der Waals surface area (Å²) in [6, 6.07) is 10.8. The molecule has 1 aliphatic rings. The quantitative estimate of drug-likeness (QED) is 0.711. The fourth-order valence-electron chi connectivity index (χ4n) is 3.23. The van der Waals surface area contributed by atoms with Crippen LogP contribution in [0.25, 0.3) is 0 Å². The minimum atomic E-state index is -0.631. The van der Waals surface area contributed by atoms with Crippen molar-refractivity contribution in [2.24, 2.45) is 5.92 Å². The van der Waals surface area contributed by atoms with Crippen molar-refractivity contribution in [3.63, 3.8) is 0 Å². The van der Waals surface area contributed by atoms with Crippen molar-refractivity contribution >= 4 is 11.8 Å². The first-order valence-corrected chi connectivity index (χ1v) is 10.0. The van der Waals surface area contributed by atoms with Crippen molar-refractivity contribution < 1.29 is 18.7 Å². The van der Waals surface area contributed by atoms with E-state index in [0.717, 1.165) is 38.4 Å². The number of amides is 2. The lowest BCUT2D eigenvalue weighted by Crippen LogP contribution is -2.49. The molecule has 156 valence electrons. The van der Waals surface area contributed by atoms with Crippen molar-refractivity contribution in [2.75, 3.05) is 26.3 Å². The zero-order valence-corrected chi connectivity index (χ0v) is 17.0. The van der Waals surface area contributed by atoms with Crippen molar-refractivity contribution in [3.05, 3.63) is 59.5 Å². The van der Waals surface area contributed by atoms with Crippen LogP contribution < -0.4 is 10.6 Å². The molecule has 29 heavy (non-hydrogen) atoms. The fraction of sp³-hybridized carbons (Fsp3) is 0.455. The van der Waals surface area contributed by atoms with Gasteiger partial charge in [0, 0.05) is 26.2 Å². The number of furan rings is 1. The molecular formula is C22H29N3O4. The number of hydrogen-bond acceptors (Lipinski definition) is 5. The van der Waals surface area contributed by atoms with E-state index in [0.29, 0.717) is 6.54 Å². The first-order chi connectivity index (χ1) is 14.0. The number of morpholine rings is 1. The van der Waals surface area contributed by atoms with Crippen LogP contribution in [0.15, 0.2) is 47.1 Å². The highest BCUT2D eigenvalue weighted by Crippen LogP contribution is 2.10. The summed E-state index contributed by atoms with van der Waals surface area (Å²) < 4.78 is 10.5. The van der Waals surface area contributed by atoms with E-state index in [-0.39, 0.29) is 17.6 Å². The third-order valence-corrected chi connectivity index (χ3v) is 4.98. The molecule has 3 rings (SSSR count). The number of benzene rings is 1. The monoisotopic (exact) mass is 399 g/mol. The fourth-order valence-corrected chi connectivity index (χ4v) is 3.23. The number of ether oxygens (including phenoxy) is 1. The zero-order valence-electron chi connectivity index (χ0n) is 17.0. The number of nitrogens with one attached hydrogen (secondary N) is 2. The lowest BCUT2D eigenvalue weighted by molar-refractivity contribution is -0.124. The van der Waals surface area contributed by atoms with Crippen molar-refractivity contribution in [2.45, 2.75) is 33.0 Å². The van der Waals surface area contributed by atoms with Crippen LogP contribution in [0.2, 0.25) is 0 Å². The second-order valence-corrected chi connectivity index (χ2v) is 7.60. The van der Waals surface area contributed by atoms with Gasteiger partial charge in [-0.3, -0.25) is 14.5 Å². The normalized spacial score (nSPS) is 15.8. The lowest BCUT2D eigenvalue weighted by atomic mass is 10.0. The van der Waals surface area contributed by atoms with Crippen LogP contribution in [0.1, 0.15) is 35.5 Å². The average Bonchev–Trinajstić information content (AvgIpc) is 3.27. The van der Waals surface area contributed by atoms with E-state index >= 15 is 0 Å². The number of carbonyl (C=O) groups is 2. The van der Waals surface area contributed by atoms with Gasteiger partial charge < -0.3 is 19.8 Å². The Bertz CT molecular complexity index is 781. The standard InChI is InChI=1S/C22H29N3O4/c1-16(2)20(24-21(26)19-4-3-11-29-19)22(27)23-14-17-5-7-18(8-6-17)15-25-9-12-28-13-10-25/h3-8,11,16,20H,9-10,12-15H2,1-2H3,(H,23,27)(H,24,26)/t20-/m1/s1. The molecule has 0 bridgehead atoms. The molecule has 2 amide bonds. The zero-order chi connectivity index (χ0) is 20.6. The molecule has 0 radical (unpaired) electrons. The van der Waals surface area contributed by atoms with E-state index in [2.05, 4.69) is 27.7 Å². The Hall–Kier alpha value is -2.64. The molecular weight excluding hydrogens is 370 g/mol. The van der Waals surface area contributed by atoms with E-state index < -0.39 is 11.9 Å². The maximum absolute atomic E-state index is 12.6. The van der Waals surface area contributed by atoms with E-state index in [1.54, 1.807) is 12.1 Å². The van der Waals surface area contributed by atoms with Gasteiger partial charge in [-0.1, -0.05) is 38.1 Å². The Morgan fingerprint density at radius 1 is 1.07 bits per heavy atom. The second kappa shape index (κ2) is 10.2. The molecule has 1 atom stereocenters. The number of nitrogens with zero attached hydrogens (tertiary/aromatic N) is 1. The van der Waals surface area contributed by atoms with Gasteiger partial charge in [-0.2, -0.15) is 0 Å². The van der Waals surface area contributed by atoms with Crippen LogP contribution in [0, 0.1) is 5.92 Å². The van der Waals surface area contributed by atoms with Crippen LogP contribution in [0.3, 0.4) is 0 Å². The van der Waals surface area contributed by atoms with E-state index in [4.69, 9.17) is 9.15 Å². The molecule has 1 aromatic heterocycles. The molecule has 0 spiro atoms. The number of hydrogen-bond donors (Lipinski definition) is 2. The SMILES string of the molecule is CC(C)[C@@H](NC(=O)c1ccco1)C(=O)NCc1ccc(CN2CCOCC2)cc1. The summed E-state index contributed by atoms with van der Waals surface area (Å²) in [7, 11) is 0. The summed E-state index contributed by atoms with van der Waals surface area (Å²) in [6.45, 7) is 8.60. The molecule has 1 aromatic carbocycles. The van der Waals surface area contributed by atoms with Crippen LogP contribution in [0.4, 0.5) is 0 Å². The Morgan fingerprint density at radius 2 is 1.76 bits per heavy atom. The van der Waals surface area contributed by atoms with Crippen LogP contribution in [-0.2, 0) is 22.6 Å². The highest BCUT2D eigenvalue weighted by atomic mass is 16.5. The smallest absolute Gasteiger partial charge is 0.287 e. The van der Waals surface area contributed by atoms with Gasteiger partial charge in [0.05, 0.1) is 19.5 Å². The van der Waals surface area contributed by atoms with Crippen molar-refractivity contribution in [3.8, 4) is 0 Å². The van der Waals surface area contributed by atoms with Gasteiger partial charge in [-0.05, 0) is 29.2 Å². The molecule has 1 fully saturated rings. The first-order valence-electron chi connectivity index (χ1n) is 10.0. The lowest BCUT2D eigenvalue weighted by Gasteiger charge is -2.26. The highest BCUT2D eigenvalue weighted by molar-refractivity contribution is 5.95. The third-order valence-electron chi connectivity index (χ3n) is 4.98. The Kier molecular flexibility index (Phi) is 7.43. The largest absolute Gasteiger partial charge is 0.459 e. The van der Waals surface area contributed by atoms with Gasteiger partial charge in [0.15, 0.2) is 5.76 Å². The minimum absolute atomic E-state index is 0.0511. The molecule has 0 aliphatic carbocycles. The number of carbonyl (C=O) groups excluding carboxylic acids is 2. The van der Waals surface area contributed by atoms with Crippen LogP contribution in [-0.4, -0.2) is 49.1 Å². The third kappa shape index (κ3) is 6.17. The summed E-state index contributed by atoms with van der Waals surface area (Å²) in [5, 5.41) is 5.67. The topological polar surface area (TPSA) is 83.8 Å². The van der Waals surface area contributed by atoms with Gasteiger partial charge >= 0.3 is 0 Å². The Balaban J connectivity index is 1.50. The maximum Gasteiger partial charge on any atom is 0.287 e. The maximum atomic E-state index is 12.6. The summed E-state index contributed by atoms with van der Waals surface area (Å²) in [5.41, 5.74) is 2.26. The van der Waals surface area contributed by atoms with Crippen molar-refractivity contribution in [1.29, 1.82) is 0 Å². The molecule has 1 aliphatic heterocycles. The molecule has 2 heterocycles. The Morgan fingerprint density at radius 3 is 2.38 bits per heavy atom. The molecule has 1 saturated heterocycles. The molecule has 0 saturated carbocycles. The second-order valence-electron chi connectivity index (χ2n) is 7.60. The first kappa shape index (κ1) is 21.1. The number of rotatable bonds is 8.